The molecule has 38 heavy (non-hydrogen) atoms. The van der Waals surface area contributed by atoms with E-state index >= 15 is 0 Å². The van der Waals surface area contributed by atoms with Crippen molar-refractivity contribution in [1.82, 2.24) is 14.7 Å². The van der Waals surface area contributed by atoms with Gasteiger partial charge in [-0.05, 0) is 45.6 Å². The van der Waals surface area contributed by atoms with Crippen molar-refractivity contribution in [3.8, 4) is 0 Å². The molecular weight excluding hydrogens is 482 g/mol. The standard InChI is InChI=1S/C30H41N3O5/c1-6-16-31(20-21-12-9-8-10-13-21)26(35)23-22-14-15-30(38-22)24(23)27(36)32(18-11-19-34)25(30)28(37)33(17-7-2)29(3,4)5/h6-10,12-13,22-25,34H,1-2,11,14-20H2,3-5H3/t22-,23+,24-,25?,30?/m0/s1. The van der Waals surface area contributed by atoms with Gasteiger partial charge in [0, 0.05) is 38.3 Å². The topological polar surface area (TPSA) is 90.4 Å². The zero-order valence-electron chi connectivity index (χ0n) is 22.8. The number of likely N-dealkylation sites (tertiary alicyclic amines) is 1. The number of aliphatic hydroxyl groups is 1. The largest absolute Gasteiger partial charge is 0.396 e. The average molecular weight is 524 g/mol. The van der Waals surface area contributed by atoms with Gasteiger partial charge >= 0.3 is 0 Å². The van der Waals surface area contributed by atoms with Gasteiger partial charge in [0.1, 0.15) is 11.6 Å². The van der Waals surface area contributed by atoms with Crippen molar-refractivity contribution in [2.24, 2.45) is 11.8 Å². The van der Waals surface area contributed by atoms with Gasteiger partial charge in [-0.1, -0.05) is 42.5 Å². The lowest BCUT2D eigenvalue weighted by molar-refractivity contribution is -0.152. The van der Waals surface area contributed by atoms with Crippen molar-refractivity contribution in [2.75, 3.05) is 26.2 Å². The van der Waals surface area contributed by atoms with E-state index in [0.717, 1.165) is 5.56 Å². The van der Waals surface area contributed by atoms with Gasteiger partial charge in [-0.25, -0.2) is 0 Å². The lowest BCUT2D eigenvalue weighted by atomic mass is 9.70. The van der Waals surface area contributed by atoms with E-state index in [2.05, 4.69) is 13.2 Å². The minimum absolute atomic E-state index is 0.103. The summed E-state index contributed by atoms with van der Waals surface area (Å²) in [6.45, 7) is 14.7. The summed E-state index contributed by atoms with van der Waals surface area (Å²) in [5.41, 5.74) is -0.582. The van der Waals surface area contributed by atoms with Crippen molar-refractivity contribution >= 4 is 17.7 Å². The van der Waals surface area contributed by atoms with Gasteiger partial charge < -0.3 is 24.5 Å². The third-order valence-electron chi connectivity index (χ3n) is 8.14. The zero-order valence-corrected chi connectivity index (χ0v) is 22.8. The normalized spacial score (nSPS) is 27.8. The van der Waals surface area contributed by atoms with E-state index in [9.17, 15) is 19.5 Å². The highest BCUT2D eigenvalue weighted by atomic mass is 16.5. The van der Waals surface area contributed by atoms with E-state index in [-0.39, 0.29) is 30.9 Å². The molecule has 0 radical (unpaired) electrons. The van der Waals surface area contributed by atoms with E-state index in [1.807, 2.05) is 51.1 Å². The predicted octanol–water partition coefficient (Wildman–Crippen LogP) is 2.77. The van der Waals surface area contributed by atoms with Crippen molar-refractivity contribution in [2.45, 2.75) is 69.9 Å². The van der Waals surface area contributed by atoms with Gasteiger partial charge in [-0.15, -0.1) is 13.2 Å². The van der Waals surface area contributed by atoms with E-state index < -0.39 is 35.1 Å². The van der Waals surface area contributed by atoms with Crippen LogP contribution in [0.5, 0.6) is 0 Å². The molecule has 3 aliphatic heterocycles. The molecule has 1 N–H and O–H groups in total. The van der Waals surface area contributed by atoms with E-state index in [1.54, 1.807) is 26.9 Å². The molecule has 8 heteroatoms. The number of carbonyl (C=O) groups excluding carboxylic acids is 3. The SMILES string of the molecule is C=CCN(Cc1ccccc1)C(=O)[C@@H]1[C@@H]2CCC3(O2)C(C(=O)N(CC=C)C(C)(C)C)N(CCCO)C(=O)[C@H]13. The number of fused-ring (bicyclic) bond motifs is 1. The highest BCUT2D eigenvalue weighted by Crippen LogP contribution is 2.59. The lowest BCUT2D eigenvalue weighted by Crippen LogP contribution is -2.60. The Labute approximate surface area is 225 Å². The molecule has 3 heterocycles. The van der Waals surface area contributed by atoms with Crippen molar-refractivity contribution in [3.05, 3.63) is 61.2 Å². The van der Waals surface area contributed by atoms with Crippen LogP contribution in [0.1, 0.15) is 45.6 Å². The molecule has 0 aromatic heterocycles. The molecule has 0 saturated carbocycles. The Hall–Kier alpha value is -2.97. The number of aliphatic hydroxyl groups excluding tert-OH is 1. The van der Waals surface area contributed by atoms with Crippen molar-refractivity contribution < 1.29 is 24.2 Å². The van der Waals surface area contributed by atoms with Gasteiger partial charge in [-0.2, -0.15) is 0 Å². The van der Waals surface area contributed by atoms with E-state index in [0.29, 0.717) is 38.9 Å². The van der Waals surface area contributed by atoms with Crippen LogP contribution in [0.3, 0.4) is 0 Å². The summed E-state index contributed by atoms with van der Waals surface area (Å²) in [7, 11) is 0. The van der Waals surface area contributed by atoms with E-state index in [1.165, 1.54) is 0 Å². The Bertz CT molecular complexity index is 1070. The predicted molar refractivity (Wildman–Crippen MR) is 145 cm³/mol. The second-order valence-corrected chi connectivity index (χ2v) is 11.6. The fourth-order valence-corrected chi connectivity index (χ4v) is 6.57. The monoisotopic (exact) mass is 523 g/mol. The van der Waals surface area contributed by atoms with Crippen LogP contribution in [0.2, 0.25) is 0 Å². The summed E-state index contributed by atoms with van der Waals surface area (Å²) < 4.78 is 6.58. The summed E-state index contributed by atoms with van der Waals surface area (Å²) in [6, 6.07) is 8.88. The maximum atomic E-state index is 14.2. The Morgan fingerprint density at radius 3 is 2.45 bits per heavy atom. The van der Waals surface area contributed by atoms with Crippen LogP contribution in [-0.4, -0.2) is 87.1 Å². The molecule has 3 fully saturated rings. The first kappa shape index (κ1) is 28.0. The summed E-state index contributed by atoms with van der Waals surface area (Å²) in [4.78, 5) is 47.4. The van der Waals surface area contributed by atoms with Crippen LogP contribution in [-0.2, 0) is 25.7 Å². The molecule has 4 rings (SSSR count). The quantitative estimate of drug-likeness (QED) is 0.451. The molecule has 3 saturated heterocycles. The molecule has 8 nitrogen and oxygen atoms in total. The number of hydrogen-bond donors (Lipinski definition) is 1. The molecule has 5 atom stereocenters. The smallest absolute Gasteiger partial charge is 0.249 e. The number of amides is 3. The fraction of sp³-hybridized carbons (Fsp3) is 0.567. The summed E-state index contributed by atoms with van der Waals surface area (Å²) >= 11 is 0. The Kier molecular flexibility index (Phi) is 8.14. The van der Waals surface area contributed by atoms with Gasteiger partial charge in [0.05, 0.1) is 17.9 Å². The van der Waals surface area contributed by atoms with Crippen LogP contribution >= 0.6 is 0 Å². The zero-order chi connectivity index (χ0) is 27.7. The maximum Gasteiger partial charge on any atom is 0.249 e. The van der Waals surface area contributed by atoms with Crippen LogP contribution < -0.4 is 0 Å². The Morgan fingerprint density at radius 2 is 1.84 bits per heavy atom. The van der Waals surface area contributed by atoms with Crippen molar-refractivity contribution in [1.29, 1.82) is 0 Å². The minimum Gasteiger partial charge on any atom is -0.396 e. The van der Waals surface area contributed by atoms with Crippen LogP contribution in [0, 0.1) is 11.8 Å². The molecule has 206 valence electrons. The van der Waals surface area contributed by atoms with Crippen molar-refractivity contribution in [3.63, 3.8) is 0 Å². The molecule has 2 bridgehead atoms. The molecule has 1 aromatic rings. The summed E-state index contributed by atoms with van der Waals surface area (Å²) in [5, 5.41) is 9.56. The maximum absolute atomic E-state index is 14.2. The van der Waals surface area contributed by atoms with E-state index in [4.69, 9.17) is 4.74 Å². The molecule has 2 unspecified atom stereocenters. The highest BCUT2D eigenvalue weighted by molar-refractivity contribution is 5.99. The highest BCUT2D eigenvalue weighted by Gasteiger charge is 2.75. The number of rotatable bonds is 11. The van der Waals surface area contributed by atoms with Crippen LogP contribution in [0.4, 0.5) is 0 Å². The molecule has 3 amide bonds. The van der Waals surface area contributed by atoms with Gasteiger partial charge in [-0.3, -0.25) is 14.4 Å². The Morgan fingerprint density at radius 1 is 1.16 bits per heavy atom. The van der Waals surface area contributed by atoms with Gasteiger partial charge in [0.2, 0.25) is 17.7 Å². The number of nitrogens with zero attached hydrogens (tertiary/aromatic N) is 3. The lowest BCUT2D eigenvalue weighted by Gasteiger charge is -2.42. The second kappa shape index (κ2) is 11.0. The molecular formula is C30H41N3O5. The first-order valence-corrected chi connectivity index (χ1v) is 13.6. The Balaban J connectivity index is 1.71. The number of hydrogen-bond acceptors (Lipinski definition) is 5. The number of ether oxygens (including phenoxy) is 1. The average Bonchev–Trinajstić information content (AvgIpc) is 3.52. The van der Waals surface area contributed by atoms with Crippen LogP contribution in [0.15, 0.2) is 55.6 Å². The van der Waals surface area contributed by atoms with Crippen LogP contribution in [0.25, 0.3) is 0 Å². The van der Waals surface area contributed by atoms with Gasteiger partial charge in [0.25, 0.3) is 0 Å². The fourth-order valence-electron chi connectivity index (χ4n) is 6.57. The summed E-state index contributed by atoms with van der Waals surface area (Å²) in [6.07, 6.45) is 4.45. The first-order valence-electron chi connectivity index (χ1n) is 13.6. The molecule has 3 aliphatic rings. The second-order valence-electron chi connectivity index (χ2n) is 11.6. The first-order chi connectivity index (χ1) is 18.1. The number of carbonyl (C=O) groups is 3. The molecule has 0 aliphatic carbocycles. The molecule has 1 spiro atoms. The van der Waals surface area contributed by atoms with Gasteiger partial charge in [0.15, 0.2) is 0 Å². The molecule has 1 aromatic carbocycles. The summed E-state index contributed by atoms with van der Waals surface area (Å²) in [5.74, 6) is -1.99. The third-order valence-corrected chi connectivity index (χ3v) is 8.14. The minimum atomic E-state index is -1.06. The third kappa shape index (κ3) is 4.80. The number of benzene rings is 1.